The maximum atomic E-state index is 9.13. The summed E-state index contributed by atoms with van der Waals surface area (Å²) >= 11 is 0. The lowest BCUT2D eigenvalue weighted by atomic mass is 9.79. The van der Waals surface area contributed by atoms with Gasteiger partial charge in [-0.2, -0.15) is 0 Å². The number of rotatable bonds is 2. The van der Waals surface area contributed by atoms with E-state index in [1.54, 1.807) is 6.33 Å². The summed E-state index contributed by atoms with van der Waals surface area (Å²) in [5.41, 5.74) is 0. The monoisotopic (exact) mass is 209 g/mol. The third-order valence-corrected chi connectivity index (χ3v) is 3.75. The molecule has 0 radical (unpaired) electrons. The van der Waals surface area contributed by atoms with Crippen molar-refractivity contribution in [2.24, 2.45) is 11.8 Å². The highest BCUT2D eigenvalue weighted by Gasteiger charge is 2.26. The lowest BCUT2D eigenvalue weighted by molar-refractivity contribution is 0.196. The summed E-state index contributed by atoms with van der Waals surface area (Å²) in [6, 6.07) is 0.480. The van der Waals surface area contributed by atoms with Crippen molar-refractivity contribution >= 4 is 0 Å². The maximum absolute atomic E-state index is 9.13. The van der Waals surface area contributed by atoms with Gasteiger partial charge in [-0.25, -0.2) is 0 Å². The molecule has 84 valence electrons. The molecule has 3 atom stereocenters. The van der Waals surface area contributed by atoms with E-state index in [1.807, 2.05) is 4.57 Å². The van der Waals surface area contributed by atoms with Crippen molar-refractivity contribution < 1.29 is 5.11 Å². The molecule has 0 spiro atoms. The molecule has 4 nitrogen and oxygen atoms in total. The van der Waals surface area contributed by atoms with Gasteiger partial charge in [0, 0.05) is 6.04 Å². The van der Waals surface area contributed by atoms with E-state index in [0.29, 0.717) is 11.9 Å². The quantitative estimate of drug-likeness (QED) is 0.807. The van der Waals surface area contributed by atoms with E-state index in [-0.39, 0.29) is 6.61 Å². The second kappa shape index (κ2) is 4.31. The largest absolute Gasteiger partial charge is 0.388 e. The van der Waals surface area contributed by atoms with Crippen molar-refractivity contribution in [1.29, 1.82) is 0 Å². The lowest BCUT2D eigenvalue weighted by Gasteiger charge is -2.33. The van der Waals surface area contributed by atoms with Crippen LogP contribution in [0.25, 0.3) is 0 Å². The molecule has 15 heavy (non-hydrogen) atoms. The van der Waals surface area contributed by atoms with Crippen molar-refractivity contribution in [3.05, 3.63) is 12.2 Å². The number of hydrogen-bond donors (Lipinski definition) is 1. The van der Waals surface area contributed by atoms with E-state index in [2.05, 4.69) is 24.0 Å². The maximum Gasteiger partial charge on any atom is 0.158 e. The third-order valence-electron chi connectivity index (χ3n) is 3.75. The van der Waals surface area contributed by atoms with E-state index in [4.69, 9.17) is 5.11 Å². The fourth-order valence-electron chi connectivity index (χ4n) is 2.46. The van der Waals surface area contributed by atoms with Crippen LogP contribution in [-0.4, -0.2) is 19.9 Å². The van der Waals surface area contributed by atoms with Crippen molar-refractivity contribution in [3.63, 3.8) is 0 Å². The number of aliphatic hydroxyl groups excluding tert-OH is 1. The van der Waals surface area contributed by atoms with Crippen molar-refractivity contribution in [2.45, 2.75) is 45.8 Å². The summed E-state index contributed by atoms with van der Waals surface area (Å²) in [4.78, 5) is 0. The molecule has 0 aromatic carbocycles. The van der Waals surface area contributed by atoms with Crippen molar-refractivity contribution in [3.8, 4) is 0 Å². The van der Waals surface area contributed by atoms with Crippen LogP contribution in [0.2, 0.25) is 0 Å². The van der Waals surface area contributed by atoms with Crippen LogP contribution in [0.4, 0.5) is 0 Å². The molecule has 2 rings (SSSR count). The Hall–Kier alpha value is -0.900. The Kier molecular flexibility index (Phi) is 3.05. The molecule has 1 heterocycles. The predicted molar refractivity (Wildman–Crippen MR) is 57.2 cm³/mol. The van der Waals surface area contributed by atoms with Gasteiger partial charge >= 0.3 is 0 Å². The van der Waals surface area contributed by atoms with Gasteiger partial charge in [0.25, 0.3) is 0 Å². The zero-order valence-corrected chi connectivity index (χ0v) is 9.43. The van der Waals surface area contributed by atoms with E-state index in [0.717, 1.165) is 11.8 Å². The Morgan fingerprint density at radius 1 is 1.40 bits per heavy atom. The first-order valence-electron chi connectivity index (χ1n) is 5.71. The second-order valence-electron chi connectivity index (χ2n) is 4.73. The van der Waals surface area contributed by atoms with Crippen molar-refractivity contribution in [2.75, 3.05) is 0 Å². The van der Waals surface area contributed by atoms with Gasteiger partial charge in [-0.05, 0) is 31.1 Å². The number of hydrogen-bond acceptors (Lipinski definition) is 3. The van der Waals surface area contributed by atoms with Crippen LogP contribution < -0.4 is 0 Å². The highest BCUT2D eigenvalue weighted by molar-refractivity contribution is 4.90. The van der Waals surface area contributed by atoms with Gasteiger partial charge in [0.15, 0.2) is 5.82 Å². The summed E-state index contributed by atoms with van der Waals surface area (Å²) in [6.45, 7) is 4.61. The van der Waals surface area contributed by atoms with E-state index in [9.17, 15) is 0 Å². The van der Waals surface area contributed by atoms with Crippen LogP contribution in [0.1, 0.15) is 45.0 Å². The Morgan fingerprint density at radius 2 is 2.20 bits per heavy atom. The molecule has 4 heteroatoms. The Labute approximate surface area is 90.3 Å². The summed E-state index contributed by atoms with van der Waals surface area (Å²) in [6.07, 6.45) is 5.36. The zero-order valence-electron chi connectivity index (χ0n) is 9.43. The minimum absolute atomic E-state index is 0.0135. The lowest BCUT2D eigenvalue weighted by Crippen LogP contribution is -2.24. The van der Waals surface area contributed by atoms with Gasteiger partial charge in [-0.15, -0.1) is 10.2 Å². The number of aliphatic hydroxyl groups is 1. The average Bonchev–Trinajstić information content (AvgIpc) is 2.70. The minimum atomic E-state index is -0.0135. The van der Waals surface area contributed by atoms with Crippen LogP contribution in [0, 0.1) is 11.8 Å². The van der Waals surface area contributed by atoms with Crippen LogP contribution in [0.3, 0.4) is 0 Å². The highest BCUT2D eigenvalue weighted by Crippen LogP contribution is 2.36. The van der Waals surface area contributed by atoms with E-state index >= 15 is 0 Å². The average molecular weight is 209 g/mol. The summed E-state index contributed by atoms with van der Waals surface area (Å²) in [5, 5.41) is 16.9. The SMILES string of the molecule is CC1CCC(n2cnnc2CO)CC1C. The Morgan fingerprint density at radius 3 is 2.87 bits per heavy atom. The summed E-state index contributed by atoms with van der Waals surface area (Å²) in [7, 11) is 0. The molecule has 0 aliphatic heterocycles. The molecule has 1 aliphatic rings. The van der Waals surface area contributed by atoms with Crippen LogP contribution in [0.15, 0.2) is 6.33 Å². The predicted octanol–water partition coefficient (Wildman–Crippen LogP) is 1.77. The van der Waals surface area contributed by atoms with Crippen molar-refractivity contribution in [1.82, 2.24) is 14.8 Å². The first-order valence-corrected chi connectivity index (χ1v) is 5.71. The van der Waals surface area contributed by atoms with Crippen LogP contribution in [0.5, 0.6) is 0 Å². The molecule has 3 unspecified atom stereocenters. The highest BCUT2D eigenvalue weighted by atomic mass is 16.3. The van der Waals surface area contributed by atoms with Gasteiger partial charge in [-0.3, -0.25) is 0 Å². The van der Waals surface area contributed by atoms with Gasteiger partial charge in [0.05, 0.1) is 0 Å². The number of nitrogens with zero attached hydrogens (tertiary/aromatic N) is 3. The second-order valence-corrected chi connectivity index (χ2v) is 4.73. The Balaban J connectivity index is 2.11. The molecule has 1 aromatic heterocycles. The molecule has 1 saturated carbocycles. The van der Waals surface area contributed by atoms with Gasteiger partial charge < -0.3 is 9.67 Å². The fourth-order valence-corrected chi connectivity index (χ4v) is 2.46. The van der Waals surface area contributed by atoms with Crippen LogP contribution >= 0.6 is 0 Å². The van der Waals surface area contributed by atoms with E-state index in [1.165, 1.54) is 19.3 Å². The van der Waals surface area contributed by atoms with Gasteiger partial charge in [0.1, 0.15) is 12.9 Å². The van der Waals surface area contributed by atoms with Crippen LogP contribution in [-0.2, 0) is 6.61 Å². The molecule has 1 aromatic rings. The smallest absolute Gasteiger partial charge is 0.158 e. The summed E-state index contributed by atoms with van der Waals surface area (Å²) in [5.74, 6) is 2.26. The third kappa shape index (κ3) is 2.04. The first kappa shape index (κ1) is 10.6. The molecule has 0 saturated heterocycles. The molecule has 1 N–H and O–H groups in total. The fraction of sp³-hybridized carbons (Fsp3) is 0.818. The zero-order chi connectivity index (χ0) is 10.8. The normalized spacial score (nSPS) is 31.8. The molecule has 0 amide bonds. The molecule has 1 aliphatic carbocycles. The molecule has 0 bridgehead atoms. The molecule has 1 fully saturated rings. The number of aromatic nitrogens is 3. The van der Waals surface area contributed by atoms with Gasteiger partial charge in [0.2, 0.25) is 0 Å². The molecular weight excluding hydrogens is 190 g/mol. The topological polar surface area (TPSA) is 50.9 Å². The van der Waals surface area contributed by atoms with E-state index < -0.39 is 0 Å². The Bertz CT molecular complexity index is 323. The summed E-state index contributed by atoms with van der Waals surface area (Å²) < 4.78 is 2.04. The first-order chi connectivity index (χ1) is 7.22. The minimum Gasteiger partial charge on any atom is -0.388 e. The standard InChI is InChI=1S/C11H19N3O/c1-8-3-4-10(5-9(8)2)14-7-12-13-11(14)6-15/h7-10,15H,3-6H2,1-2H3. The van der Waals surface area contributed by atoms with Gasteiger partial charge in [-0.1, -0.05) is 13.8 Å². The molecular formula is C11H19N3O.